The monoisotopic (exact) mass is 251 g/mol. The van der Waals surface area contributed by atoms with Crippen molar-refractivity contribution in [2.24, 2.45) is 5.92 Å². The van der Waals surface area contributed by atoms with Crippen molar-refractivity contribution in [3.63, 3.8) is 0 Å². The molecular weight excluding hydrogens is 238 g/mol. The maximum absolute atomic E-state index is 11.7. The lowest BCUT2D eigenvalue weighted by atomic mass is 10.1. The SMILES string of the molecule is Cc1cc(C(=O)NC(=O)C(C)C)cnc1[N+](=O)[O-]. The van der Waals surface area contributed by atoms with Gasteiger partial charge < -0.3 is 10.1 Å². The fourth-order valence-electron chi connectivity index (χ4n) is 1.21. The summed E-state index contributed by atoms with van der Waals surface area (Å²) in [6.07, 6.45) is 1.08. The highest BCUT2D eigenvalue weighted by Crippen LogP contribution is 2.14. The number of hydrogen-bond donors (Lipinski definition) is 1. The van der Waals surface area contributed by atoms with Gasteiger partial charge in [-0.3, -0.25) is 14.9 Å². The normalized spacial score (nSPS) is 10.2. The maximum Gasteiger partial charge on any atom is 0.366 e. The summed E-state index contributed by atoms with van der Waals surface area (Å²) in [4.78, 5) is 36.5. The van der Waals surface area contributed by atoms with E-state index in [0.29, 0.717) is 0 Å². The summed E-state index contributed by atoms with van der Waals surface area (Å²) < 4.78 is 0. The number of nitrogens with zero attached hydrogens (tertiary/aromatic N) is 2. The number of hydrogen-bond acceptors (Lipinski definition) is 5. The van der Waals surface area contributed by atoms with Crippen molar-refractivity contribution in [1.29, 1.82) is 0 Å². The molecule has 7 heteroatoms. The summed E-state index contributed by atoms with van der Waals surface area (Å²) in [5.74, 6) is -1.64. The minimum absolute atomic E-state index is 0.118. The van der Waals surface area contributed by atoms with E-state index in [-0.39, 0.29) is 22.9 Å². The predicted molar refractivity (Wildman–Crippen MR) is 62.9 cm³/mol. The van der Waals surface area contributed by atoms with Crippen LogP contribution in [0.1, 0.15) is 29.8 Å². The summed E-state index contributed by atoms with van der Waals surface area (Å²) in [5.41, 5.74) is 0.386. The van der Waals surface area contributed by atoms with Crippen molar-refractivity contribution in [3.8, 4) is 0 Å². The van der Waals surface area contributed by atoms with Crippen LogP contribution >= 0.6 is 0 Å². The molecule has 1 N–H and O–H groups in total. The molecule has 2 amide bonds. The molecule has 0 saturated heterocycles. The zero-order chi connectivity index (χ0) is 13.9. The van der Waals surface area contributed by atoms with Gasteiger partial charge in [0.25, 0.3) is 5.91 Å². The van der Waals surface area contributed by atoms with Crippen LogP contribution in [0.4, 0.5) is 5.82 Å². The van der Waals surface area contributed by atoms with E-state index in [9.17, 15) is 19.7 Å². The van der Waals surface area contributed by atoms with E-state index in [1.165, 1.54) is 13.0 Å². The number of pyridine rings is 1. The Kier molecular flexibility index (Phi) is 4.09. The number of aromatic nitrogens is 1. The second-order valence-corrected chi connectivity index (χ2v) is 4.09. The molecule has 0 aliphatic heterocycles. The van der Waals surface area contributed by atoms with E-state index < -0.39 is 16.7 Å². The molecule has 1 rings (SSSR count). The molecule has 7 nitrogen and oxygen atoms in total. The highest BCUT2D eigenvalue weighted by atomic mass is 16.6. The van der Waals surface area contributed by atoms with Gasteiger partial charge >= 0.3 is 5.82 Å². The van der Waals surface area contributed by atoms with Gasteiger partial charge in [-0.15, -0.1) is 0 Å². The molecule has 0 spiro atoms. The molecule has 0 aromatic carbocycles. The number of nitrogens with one attached hydrogen (secondary N) is 1. The fourth-order valence-corrected chi connectivity index (χ4v) is 1.21. The number of carbonyl (C=O) groups excluding carboxylic acids is 2. The summed E-state index contributed by atoms with van der Waals surface area (Å²) in [7, 11) is 0. The van der Waals surface area contributed by atoms with Crippen LogP contribution in [-0.2, 0) is 4.79 Å². The Balaban J connectivity index is 2.92. The molecule has 0 fully saturated rings. The highest BCUT2D eigenvalue weighted by Gasteiger charge is 2.18. The van der Waals surface area contributed by atoms with Crippen LogP contribution in [0.5, 0.6) is 0 Å². The molecule has 1 aromatic heterocycles. The van der Waals surface area contributed by atoms with Crippen molar-refractivity contribution in [2.45, 2.75) is 20.8 Å². The number of aryl methyl sites for hydroxylation is 1. The topological polar surface area (TPSA) is 102 Å². The molecule has 0 atom stereocenters. The average molecular weight is 251 g/mol. The largest absolute Gasteiger partial charge is 0.366 e. The Hall–Kier alpha value is -2.31. The third-order valence-electron chi connectivity index (χ3n) is 2.25. The second-order valence-electron chi connectivity index (χ2n) is 4.09. The Labute approximate surface area is 103 Å². The van der Waals surface area contributed by atoms with Gasteiger partial charge in [0, 0.05) is 11.5 Å². The average Bonchev–Trinajstić information content (AvgIpc) is 2.27. The van der Waals surface area contributed by atoms with Crippen molar-refractivity contribution in [3.05, 3.63) is 33.5 Å². The molecule has 96 valence electrons. The van der Waals surface area contributed by atoms with E-state index >= 15 is 0 Å². The number of nitro groups is 1. The van der Waals surface area contributed by atoms with Crippen LogP contribution in [-0.4, -0.2) is 21.7 Å². The molecule has 0 radical (unpaired) electrons. The predicted octanol–water partition coefficient (Wildman–Crippen LogP) is 1.21. The first kappa shape index (κ1) is 13.8. The number of carbonyl (C=O) groups is 2. The first-order valence-corrected chi connectivity index (χ1v) is 5.29. The standard InChI is InChI=1S/C11H13N3O4/c1-6(2)10(15)13-11(16)8-4-7(3)9(12-5-8)14(17)18/h4-6H,1-3H3,(H,13,15,16). The van der Waals surface area contributed by atoms with Crippen molar-refractivity contribution >= 4 is 17.6 Å². The number of rotatable bonds is 3. The number of imide groups is 1. The molecule has 0 aliphatic rings. The van der Waals surface area contributed by atoms with Crippen LogP contribution in [0, 0.1) is 23.0 Å². The van der Waals surface area contributed by atoms with Crippen LogP contribution < -0.4 is 5.32 Å². The summed E-state index contributed by atoms with van der Waals surface area (Å²) in [6.45, 7) is 4.79. The summed E-state index contributed by atoms with van der Waals surface area (Å²) in [5, 5.41) is 12.7. The molecule has 0 bridgehead atoms. The molecular formula is C11H13N3O4. The summed E-state index contributed by atoms with van der Waals surface area (Å²) >= 11 is 0. The molecule has 1 heterocycles. The summed E-state index contributed by atoms with van der Waals surface area (Å²) in [6, 6.07) is 1.33. The second kappa shape index (κ2) is 5.35. The minimum atomic E-state index is -0.629. The third kappa shape index (κ3) is 3.09. The lowest BCUT2D eigenvalue weighted by molar-refractivity contribution is -0.390. The van der Waals surface area contributed by atoms with Gasteiger partial charge in [-0.2, -0.15) is 0 Å². The molecule has 0 unspecified atom stereocenters. The van der Waals surface area contributed by atoms with Gasteiger partial charge in [0.15, 0.2) is 6.20 Å². The smallest absolute Gasteiger partial charge is 0.358 e. The van der Waals surface area contributed by atoms with Gasteiger partial charge in [0.2, 0.25) is 5.91 Å². The molecule has 0 aliphatic carbocycles. The van der Waals surface area contributed by atoms with Crippen molar-refractivity contribution < 1.29 is 14.5 Å². The van der Waals surface area contributed by atoms with Crippen LogP contribution in [0.15, 0.2) is 12.3 Å². The van der Waals surface area contributed by atoms with Gasteiger partial charge in [0.05, 0.1) is 5.56 Å². The Bertz CT molecular complexity index is 511. The Morgan fingerprint density at radius 3 is 2.50 bits per heavy atom. The van der Waals surface area contributed by atoms with E-state index in [0.717, 1.165) is 6.20 Å². The first-order valence-electron chi connectivity index (χ1n) is 5.29. The van der Waals surface area contributed by atoms with E-state index in [4.69, 9.17) is 0 Å². The number of amides is 2. The van der Waals surface area contributed by atoms with Crippen LogP contribution in [0.3, 0.4) is 0 Å². The molecule has 18 heavy (non-hydrogen) atoms. The fraction of sp³-hybridized carbons (Fsp3) is 0.364. The van der Waals surface area contributed by atoms with Gasteiger partial charge in [0.1, 0.15) is 0 Å². The zero-order valence-electron chi connectivity index (χ0n) is 10.3. The van der Waals surface area contributed by atoms with E-state index in [2.05, 4.69) is 10.3 Å². The van der Waals surface area contributed by atoms with Gasteiger partial charge in [-0.05, 0) is 22.9 Å². The van der Waals surface area contributed by atoms with Crippen LogP contribution in [0.2, 0.25) is 0 Å². The van der Waals surface area contributed by atoms with Crippen molar-refractivity contribution in [1.82, 2.24) is 10.3 Å². The van der Waals surface area contributed by atoms with Gasteiger partial charge in [-0.25, -0.2) is 0 Å². The third-order valence-corrected chi connectivity index (χ3v) is 2.25. The van der Waals surface area contributed by atoms with E-state index in [1.54, 1.807) is 13.8 Å². The Morgan fingerprint density at radius 2 is 2.06 bits per heavy atom. The lowest BCUT2D eigenvalue weighted by Gasteiger charge is -2.05. The Morgan fingerprint density at radius 1 is 1.44 bits per heavy atom. The quantitative estimate of drug-likeness (QED) is 0.642. The minimum Gasteiger partial charge on any atom is -0.358 e. The molecule has 1 aromatic rings. The lowest BCUT2D eigenvalue weighted by Crippen LogP contribution is -2.33. The highest BCUT2D eigenvalue weighted by molar-refractivity contribution is 6.05. The molecule has 0 saturated carbocycles. The van der Waals surface area contributed by atoms with E-state index in [1.807, 2.05) is 0 Å². The first-order chi connectivity index (χ1) is 8.32. The van der Waals surface area contributed by atoms with Crippen LogP contribution in [0.25, 0.3) is 0 Å². The van der Waals surface area contributed by atoms with Gasteiger partial charge in [-0.1, -0.05) is 13.8 Å². The van der Waals surface area contributed by atoms with Crippen molar-refractivity contribution in [2.75, 3.05) is 0 Å². The zero-order valence-corrected chi connectivity index (χ0v) is 10.3. The maximum atomic E-state index is 11.7.